The van der Waals surface area contributed by atoms with Gasteiger partial charge in [0.25, 0.3) is 0 Å². The topological polar surface area (TPSA) is 29.4 Å². The van der Waals surface area contributed by atoms with Crippen LogP contribution in [0, 0.1) is 0 Å². The summed E-state index contributed by atoms with van der Waals surface area (Å²) in [5.41, 5.74) is 0.550. The van der Waals surface area contributed by atoms with Crippen molar-refractivity contribution in [1.29, 1.82) is 0 Å². The number of allylic oxidation sites excluding steroid dienone is 1. The lowest BCUT2D eigenvalue weighted by atomic mass is 10.2. The molecule has 0 spiro atoms. The first kappa shape index (κ1) is 8.20. The van der Waals surface area contributed by atoms with Crippen molar-refractivity contribution in [3.05, 3.63) is 9.15 Å². The van der Waals surface area contributed by atoms with E-state index in [0.717, 1.165) is 16.3 Å². The van der Waals surface area contributed by atoms with Gasteiger partial charge < -0.3 is 0 Å². The highest BCUT2D eigenvalue weighted by Gasteiger charge is 2.12. The Bertz CT molecular complexity index is 222. The van der Waals surface area contributed by atoms with Crippen LogP contribution in [0.3, 0.4) is 0 Å². The van der Waals surface area contributed by atoms with Crippen molar-refractivity contribution in [2.75, 3.05) is 6.54 Å². The van der Waals surface area contributed by atoms with Gasteiger partial charge in [-0.15, -0.1) is 0 Å². The van der Waals surface area contributed by atoms with Gasteiger partial charge in [-0.05, 0) is 29.0 Å². The molecule has 0 aliphatic carbocycles. The van der Waals surface area contributed by atoms with E-state index in [9.17, 15) is 4.79 Å². The highest BCUT2D eigenvalue weighted by Crippen LogP contribution is 2.22. The van der Waals surface area contributed by atoms with Gasteiger partial charge in [0.1, 0.15) is 5.17 Å². The molecule has 0 aromatic rings. The van der Waals surface area contributed by atoms with Gasteiger partial charge in [-0.2, -0.15) is 0 Å². The molecule has 0 radical (unpaired) electrons. The fourth-order valence-corrected chi connectivity index (χ4v) is 1.72. The molecule has 0 saturated heterocycles. The second-order valence-corrected chi connectivity index (χ2v) is 3.52. The summed E-state index contributed by atoms with van der Waals surface area (Å²) in [5, 5.41) is 0.352. The molecule has 0 amide bonds. The quantitative estimate of drug-likeness (QED) is 0.528. The number of carbonyl (C=O) groups excluding carboxylic acids is 1. The normalized spacial score (nSPS) is 18.8. The lowest BCUT2D eigenvalue weighted by Crippen LogP contribution is -2.05. The molecule has 2 nitrogen and oxygen atoms in total. The van der Waals surface area contributed by atoms with Gasteiger partial charge in [0.15, 0.2) is 6.29 Å². The third-order valence-corrected chi connectivity index (χ3v) is 2.66. The molecule has 0 N–H and O–H groups in total. The SMILES string of the molecule is O=CC1=C(I)CCN=C1Cl. The van der Waals surface area contributed by atoms with E-state index in [0.29, 0.717) is 17.3 Å². The monoisotopic (exact) mass is 269 g/mol. The molecule has 0 unspecified atom stereocenters. The van der Waals surface area contributed by atoms with Gasteiger partial charge in [-0.3, -0.25) is 9.79 Å². The molecule has 0 bridgehead atoms. The van der Waals surface area contributed by atoms with E-state index in [2.05, 4.69) is 27.6 Å². The van der Waals surface area contributed by atoms with Crippen LogP contribution in [0.15, 0.2) is 14.1 Å². The fourth-order valence-electron chi connectivity index (χ4n) is 0.697. The molecule has 1 aliphatic heterocycles. The van der Waals surface area contributed by atoms with E-state index in [1.807, 2.05) is 0 Å². The predicted octanol–water partition coefficient (Wildman–Crippen LogP) is 1.92. The molecule has 0 saturated carbocycles. The Morgan fingerprint density at radius 2 is 2.40 bits per heavy atom. The van der Waals surface area contributed by atoms with Crippen molar-refractivity contribution >= 4 is 45.6 Å². The zero-order valence-electron chi connectivity index (χ0n) is 5.10. The second-order valence-electron chi connectivity index (χ2n) is 1.86. The highest BCUT2D eigenvalue weighted by molar-refractivity contribution is 14.1. The summed E-state index contributed by atoms with van der Waals surface area (Å²) in [4.78, 5) is 14.3. The van der Waals surface area contributed by atoms with Gasteiger partial charge in [0.05, 0.1) is 5.57 Å². The zero-order chi connectivity index (χ0) is 7.56. The number of nitrogens with zero attached hydrogens (tertiary/aromatic N) is 1. The van der Waals surface area contributed by atoms with Crippen molar-refractivity contribution in [3.8, 4) is 0 Å². The molecule has 0 aromatic heterocycles. The lowest BCUT2D eigenvalue weighted by Gasteiger charge is -2.07. The average Bonchev–Trinajstić information content (AvgIpc) is 1.88. The third-order valence-electron chi connectivity index (χ3n) is 1.21. The fraction of sp³-hybridized carbons (Fsp3) is 0.333. The van der Waals surface area contributed by atoms with Crippen molar-refractivity contribution in [1.82, 2.24) is 0 Å². The maximum atomic E-state index is 10.4. The third kappa shape index (κ3) is 1.58. The summed E-state index contributed by atoms with van der Waals surface area (Å²) in [7, 11) is 0. The van der Waals surface area contributed by atoms with Gasteiger partial charge in [-0.25, -0.2) is 0 Å². The number of aldehydes is 1. The average molecular weight is 269 g/mol. The first-order chi connectivity index (χ1) is 4.75. The van der Waals surface area contributed by atoms with Crippen molar-refractivity contribution in [2.24, 2.45) is 4.99 Å². The minimum atomic E-state index is 0.352. The molecule has 1 aliphatic rings. The number of carbonyl (C=O) groups is 1. The van der Waals surface area contributed by atoms with Crippen molar-refractivity contribution in [2.45, 2.75) is 6.42 Å². The summed E-state index contributed by atoms with van der Waals surface area (Å²) in [6, 6.07) is 0. The summed E-state index contributed by atoms with van der Waals surface area (Å²) in [6.07, 6.45) is 1.59. The Balaban J connectivity index is 2.97. The smallest absolute Gasteiger partial charge is 0.153 e. The van der Waals surface area contributed by atoms with E-state index in [1.165, 1.54) is 0 Å². The van der Waals surface area contributed by atoms with E-state index in [4.69, 9.17) is 11.6 Å². The Labute approximate surface area is 77.5 Å². The lowest BCUT2D eigenvalue weighted by molar-refractivity contribution is -0.104. The Kier molecular flexibility index (Phi) is 2.85. The number of rotatable bonds is 1. The van der Waals surface area contributed by atoms with Crippen LogP contribution in [-0.2, 0) is 4.79 Å². The Hall–Kier alpha value is 0.1000. The molecule has 0 fully saturated rings. The van der Waals surface area contributed by atoms with Crippen molar-refractivity contribution in [3.63, 3.8) is 0 Å². The van der Waals surface area contributed by atoms with E-state index in [-0.39, 0.29) is 0 Å². The zero-order valence-corrected chi connectivity index (χ0v) is 8.02. The first-order valence-corrected chi connectivity index (χ1v) is 4.25. The summed E-state index contributed by atoms with van der Waals surface area (Å²) in [6.45, 7) is 0.703. The van der Waals surface area contributed by atoms with Crippen LogP contribution in [0.1, 0.15) is 6.42 Å². The highest BCUT2D eigenvalue weighted by atomic mass is 127. The molecular formula is C6H5ClINO. The Morgan fingerprint density at radius 3 is 2.80 bits per heavy atom. The van der Waals surface area contributed by atoms with Crippen LogP contribution >= 0.6 is 34.2 Å². The number of aliphatic imine (C=N–C) groups is 1. The maximum absolute atomic E-state index is 10.4. The van der Waals surface area contributed by atoms with E-state index < -0.39 is 0 Å². The van der Waals surface area contributed by atoms with Gasteiger partial charge in [0.2, 0.25) is 0 Å². The molecule has 4 heteroatoms. The second kappa shape index (κ2) is 3.48. The standard InChI is InChI=1S/C6H5ClINO/c7-6-4(3-10)5(8)1-2-9-6/h3H,1-2H2. The minimum Gasteiger partial charge on any atom is -0.298 e. The van der Waals surface area contributed by atoms with Crippen LogP contribution < -0.4 is 0 Å². The molecule has 54 valence electrons. The van der Waals surface area contributed by atoms with E-state index >= 15 is 0 Å². The molecule has 1 rings (SSSR count). The summed E-state index contributed by atoms with van der Waals surface area (Å²) >= 11 is 7.75. The number of dihydropyridines is 1. The van der Waals surface area contributed by atoms with E-state index in [1.54, 1.807) is 0 Å². The van der Waals surface area contributed by atoms with Crippen LogP contribution in [0.4, 0.5) is 0 Å². The minimum absolute atomic E-state index is 0.352. The van der Waals surface area contributed by atoms with Crippen LogP contribution in [0.5, 0.6) is 0 Å². The molecule has 0 atom stereocenters. The van der Waals surface area contributed by atoms with Gasteiger partial charge in [0, 0.05) is 10.1 Å². The first-order valence-electron chi connectivity index (χ1n) is 2.80. The summed E-state index contributed by atoms with van der Waals surface area (Å²) < 4.78 is 1.01. The maximum Gasteiger partial charge on any atom is 0.153 e. The number of hydrogen-bond acceptors (Lipinski definition) is 2. The largest absolute Gasteiger partial charge is 0.298 e. The van der Waals surface area contributed by atoms with Crippen molar-refractivity contribution < 1.29 is 4.79 Å². The van der Waals surface area contributed by atoms with Crippen LogP contribution in [0.25, 0.3) is 0 Å². The Morgan fingerprint density at radius 1 is 1.70 bits per heavy atom. The molecule has 10 heavy (non-hydrogen) atoms. The number of halogens is 2. The molecule has 1 heterocycles. The van der Waals surface area contributed by atoms with Crippen LogP contribution in [0.2, 0.25) is 0 Å². The summed E-state index contributed by atoms with van der Waals surface area (Å²) in [5.74, 6) is 0. The predicted molar refractivity (Wildman–Crippen MR) is 49.9 cm³/mol. The molecular weight excluding hydrogens is 264 g/mol. The van der Waals surface area contributed by atoms with Crippen LogP contribution in [-0.4, -0.2) is 18.0 Å². The van der Waals surface area contributed by atoms with Gasteiger partial charge in [-0.1, -0.05) is 11.6 Å². The number of hydrogen-bond donors (Lipinski definition) is 0. The van der Waals surface area contributed by atoms with Gasteiger partial charge >= 0.3 is 0 Å². The molecule has 0 aromatic carbocycles.